The van der Waals surface area contributed by atoms with Crippen LogP contribution in [0.3, 0.4) is 0 Å². The van der Waals surface area contributed by atoms with Gasteiger partial charge in [0.15, 0.2) is 0 Å². The van der Waals surface area contributed by atoms with E-state index in [2.05, 4.69) is 44.2 Å². The monoisotopic (exact) mass is 409 g/mol. The summed E-state index contributed by atoms with van der Waals surface area (Å²) in [5.74, 6) is 0.828. The van der Waals surface area contributed by atoms with Gasteiger partial charge in [0.2, 0.25) is 5.95 Å². The number of aromatic nitrogens is 2. The molecule has 1 fully saturated rings. The fourth-order valence-electron chi connectivity index (χ4n) is 3.33. The maximum Gasteiger partial charge on any atom is 0.421 e. The molecule has 1 saturated carbocycles. The summed E-state index contributed by atoms with van der Waals surface area (Å²) in [6.45, 7) is 2.82. The van der Waals surface area contributed by atoms with Crippen LogP contribution in [0.1, 0.15) is 29.5 Å². The Balaban J connectivity index is 1.53. The molecule has 2 heterocycles. The molecule has 0 amide bonds. The number of benzene rings is 1. The largest absolute Gasteiger partial charge is 0.421 e. The first kappa shape index (κ1) is 19.3. The van der Waals surface area contributed by atoms with Gasteiger partial charge < -0.3 is 10.6 Å². The minimum absolute atomic E-state index is 0.0628. The SMILES string of the molecule is FC(F)(F)c1cnc(Nc2ccc3c(c2)CCN(CCS)C3)nc1NC1CC1. The van der Waals surface area contributed by atoms with Gasteiger partial charge in [-0.05, 0) is 42.5 Å². The second kappa shape index (κ2) is 7.79. The van der Waals surface area contributed by atoms with E-state index in [0.717, 1.165) is 56.5 Å². The Morgan fingerprint density at radius 2 is 2.04 bits per heavy atom. The van der Waals surface area contributed by atoms with E-state index in [4.69, 9.17) is 0 Å². The van der Waals surface area contributed by atoms with Crippen LogP contribution in [0, 0.1) is 0 Å². The van der Waals surface area contributed by atoms with Crippen LogP contribution in [0.2, 0.25) is 0 Å². The van der Waals surface area contributed by atoms with Crippen LogP contribution < -0.4 is 10.6 Å². The molecule has 1 aliphatic heterocycles. The van der Waals surface area contributed by atoms with Gasteiger partial charge in [0.25, 0.3) is 0 Å². The number of halogens is 3. The van der Waals surface area contributed by atoms with Crippen LogP contribution >= 0.6 is 12.6 Å². The van der Waals surface area contributed by atoms with Crippen molar-refractivity contribution in [3.63, 3.8) is 0 Å². The van der Waals surface area contributed by atoms with Gasteiger partial charge in [-0.25, -0.2) is 4.98 Å². The Morgan fingerprint density at radius 1 is 1.21 bits per heavy atom. The number of rotatable bonds is 6. The fraction of sp³-hybridized carbons (Fsp3) is 0.474. The summed E-state index contributed by atoms with van der Waals surface area (Å²) in [5, 5.41) is 5.91. The average Bonchev–Trinajstić information content (AvgIpc) is 3.45. The quantitative estimate of drug-likeness (QED) is 0.627. The zero-order chi connectivity index (χ0) is 19.7. The highest BCUT2D eigenvalue weighted by Crippen LogP contribution is 2.36. The van der Waals surface area contributed by atoms with Gasteiger partial charge in [0, 0.05) is 43.3 Å². The predicted octanol–water partition coefficient (Wildman–Crippen LogP) is 4.10. The van der Waals surface area contributed by atoms with E-state index < -0.39 is 11.7 Å². The number of nitrogens with one attached hydrogen (secondary N) is 2. The third-order valence-corrected chi connectivity index (χ3v) is 5.18. The Bertz CT molecular complexity index is 854. The lowest BCUT2D eigenvalue weighted by atomic mass is 9.99. The van der Waals surface area contributed by atoms with Crippen LogP contribution in [0.4, 0.5) is 30.6 Å². The molecule has 0 spiro atoms. The molecule has 0 unspecified atom stereocenters. The predicted molar refractivity (Wildman–Crippen MR) is 106 cm³/mol. The number of thiol groups is 1. The third kappa shape index (κ3) is 4.52. The third-order valence-electron chi connectivity index (χ3n) is 4.98. The maximum atomic E-state index is 13.2. The lowest BCUT2D eigenvalue weighted by molar-refractivity contribution is -0.137. The molecule has 1 aliphatic carbocycles. The van der Waals surface area contributed by atoms with E-state index in [1.165, 1.54) is 11.1 Å². The molecule has 2 aromatic rings. The summed E-state index contributed by atoms with van der Waals surface area (Å²) >= 11 is 4.29. The Kier molecular flexibility index (Phi) is 5.37. The summed E-state index contributed by atoms with van der Waals surface area (Å²) in [7, 11) is 0. The van der Waals surface area contributed by atoms with Crippen molar-refractivity contribution in [2.45, 2.75) is 38.0 Å². The number of alkyl halides is 3. The molecule has 1 aromatic heterocycles. The summed E-state index contributed by atoms with van der Waals surface area (Å²) in [4.78, 5) is 10.3. The molecule has 5 nitrogen and oxygen atoms in total. The first-order chi connectivity index (χ1) is 13.4. The molecule has 0 atom stereocenters. The molecular weight excluding hydrogens is 387 g/mol. The zero-order valence-corrected chi connectivity index (χ0v) is 16.2. The standard InChI is InChI=1S/C19H22F3N5S/c20-19(21,22)16-10-23-18(26-17(16)24-14-3-4-14)25-15-2-1-13-11-27(7-8-28)6-5-12(13)9-15/h1-2,9-10,14,28H,3-8,11H2,(H2,23,24,25,26). The first-order valence-electron chi connectivity index (χ1n) is 9.35. The molecule has 0 radical (unpaired) electrons. The van der Waals surface area contributed by atoms with Gasteiger partial charge in [0.05, 0.1) is 0 Å². The van der Waals surface area contributed by atoms with Gasteiger partial charge in [-0.15, -0.1) is 0 Å². The minimum atomic E-state index is -4.49. The number of hydrogen-bond donors (Lipinski definition) is 3. The number of nitrogens with zero attached hydrogens (tertiary/aromatic N) is 3. The molecule has 2 aliphatic rings. The number of fused-ring (bicyclic) bond motifs is 1. The Labute approximate surface area is 167 Å². The van der Waals surface area contributed by atoms with E-state index in [0.29, 0.717) is 0 Å². The molecule has 0 bridgehead atoms. The van der Waals surface area contributed by atoms with Crippen molar-refractivity contribution in [3.05, 3.63) is 41.1 Å². The highest BCUT2D eigenvalue weighted by Gasteiger charge is 2.36. The molecule has 0 saturated heterocycles. The van der Waals surface area contributed by atoms with Gasteiger partial charge in [-0.3, -0.25) is 4.90 Å². The molecule has 28 heavy (non-hydrogen) atoms. The maximum absolute atomic E-state index is 13.2. The van der Waals surface area contributed by atoms with E-state index in [-0.39, 0.29) is 17.8 Å². The van der Waals surface area contributed by atoms with Crippen LogP contribution in [0.15, 0.2) is 24.4 Å². The van der Waals surface area contributed by atoms with E-state index in [1.54, 1.807) is 0 Å². The molecule has 2 N–H and O–H groups in total. The number of anilines is 3. The summed E-state index contributed by atoms with van der Waals surface area (Å²) < 4.78 is 39.6. The highest BCUT2D eigenvalue weighted by molar-refractivity contribution is 7.80. The topological polar surface area (TPSA) is 53.1 Å². The van der Waals surface area contributed by atoms with E-state index in [1.807, 2.05) is 12.1 Å². The lowest BCUT2D eigenvalue weighted by Crippen LogP contribution is -2.32. The molecule has 4 rings (SSSR count). The highest BCUT2D eigenvalue weighted by atomic mass is 32.1. The summed E-state index contributed by atoms with van der Waals surface area (Å²) in [6, 6.07) is 6.06. The molecule has 150 valence electrons. The van der Waals surface area contributed by atoms with Crippen molar-refractivity contribution in [2.75, 3.05) is 29.5 Å². The fourth-order valence-corrected chi connectivity index (χ4v) is 3.61. The van der Waals surface area contributed by atoms with Crippen LogP contribution in [0.5, 0.6) is 0 Å². The zero-order valence-electron chi connectivity index (χ0n) is 15.3. The van der Waals surface area contributed by atoms with Crippen molar-refractivity contribution in [1.82, 2.24) is 14.9 Å². The van der Waals surface area contributed by atoms with Gasteiger partial charge in [-0.1, -0.05) is 6.07 Å². The van der Waals surface area contributed by atoms with Gasteiger partial charge >= 0.3 is 6.18 Å². The Morgan fingerprint density at radius 3 is 2.75 bits per heavy atom. The normalized spacial score (nSPS) is 17.3. The molecule has 9 heteroatoms. The van der Waals surface area contributed by atoms with Crippen molar-refractivity contribution in [3.8, 4) is 0 Å². The Hall–Kier alpha value is -2.00. The first-order valence-corrected chi connectivity index (χ1v) is 9.98. The molecule has 1 aromatic carbocycles. The van der Waals surface area contributed by atoms with Crippen molar-refractivity contribution in [2.24, 2.45) is 0 Å². The van der Waals surface area contributed by atoms with E-state index >= 15 is 0 Å². The van der Waals surface area contributed by atoms with Crippen molar-refractivity contribution >= 4 is 30.1 Å². The minimum Gasteiger partial charge on any atom is -0.367 e. The van der Waals surface area contributed by atoms with Gasteiger partial charge in [0.1, 0.15) is 11.4 Å². The van der Waals surface area contributed by atoms with Crippen LogP contribution in [-0.4, -0.2) is 39.8 Å². The smallest absolute Gasteiger partial charge is 0.367 e. The average molecular weight is 409 g/mol. The molecular formula is C19H22F3N5S. The van der Waals surface area contributed by atoms with Crippen LogP contribution in [-0.2, 0) is 19.1 Å². The lowest BCUT2D eigenvalue weighted by Gasteiger charge is -2.28. The van der Waals surface area contributed by atoms with E-state index in [9.17, 15) is 13.2 Å². The van der Waals surface area contributed by atoms with Crippen molar-refractivity contribution < 1.29 is 13.2 Å². The van der Waals surface area contributed by atoms with Crippen LogP contribution in [0.25, 0.3) is 0 Å². The van der Waals surface area contributed by atoms with Crippen molar-refractivity contribution in [1.29, 1.82) is 0 Å². The summed E-state index contributed by atoms with van der Waals surface area (Å²) in [5.41, 5.74) is 2.45. The number of hydrogen-bond acceptors (Lipinski definition) is 6. The summed E-state index contributed by atoms with van der Waals surface area (Å²) in [6.07, 6.45) is -0.993. The van der Waals surface area contributed by atoms with Gasteiger partial charge in [-0.2, -0.15) is 30.8 Å². The second-order valence-electron chi connectivity index (χ2n) is 7.23. The second-order valence-corrected chi connectivity index (χ2v) is 7.68.